The molecule has 2 N–H and O–H groups in total. The van der Waals surface area contributed by atoms with Crippen molar-refractivity contribution in [2.75, 3.05) is 32.6 Å². The van der Waals surface area contributed by atoms with Gasteiger partial charge in [0.05, 0.1) is 30.0 Å². The summed E-state index contributed by atoms with van der Waals surface area (Å²) < 4.78 is 39.5. The number of benzene rings is 2. The Morgan fingerprint density at radius 1 is 1.03 bits per heavy atom. The van der Waals surface area contributed by atoms with Crippen LogP contribution < -0.4 is 14.8 Å². The molecule has 2 amide bonds. The van der Waals surface area contributed by atoms with E-state index in [2.05, 4.69) is 10.3 Å². The average Bonchev–Trinajstić information content (AvgIpc) is 3.52. The second-order valence-electron chi connectivity index (χ2n) is 8.81. The number of piperidine rings is 1. The molecule has 1 saturated heterocycles. The van der Waals surface area contributed by atoms with Crippen LogP contribution in [0.15, 0.2) is 47.8 Å². The number of likely N-dealkylation sites (tertiary alicyclic amines) is 1. The van der Waals surface area contributed by atoms with Crippen LogP contribution in [0.25, 0.3) is 10.2 Å². The minimum Gasteiger partial charge on any atom is -0.494 e. The van der Waals surface area contributed by atoms with Crippen LogP contribution in [0.5, 0.6) is 11.5 Å². The van der Waals surface area contributed by atoms with Gasteiger partial charge in [-0.1, -0.05) is 12.1 Å². The van der Waals surface area contributed by atoms with Crippen molar-refractivity contribution in [1.29, 1.82) is 0 Å². The first-order valence-electron chi connectivity index (χ1n) is 11.8. The molecular formula is C27H25F2N3O4S. The van der Waals surface area contributed by atoms with E-state index in [0.717, 1.165) is 41.8 Å². The van der Waals surface area contributed by atoms with Gasteiger partial charge in [-0.3, -0.25) is 9.59 Å². The number of carbonyl (C=O) groups is 2. The van der Waals surface area contributed by atoms with Gasteiger partial charge < -0.3 is 24.7 Å². The minimum absolute atomic E-state index is 0.0150. The van der Waals surface area contributed by atoms with Crippen LogP contribution in [0.1, 0.15) is 45.2 Å². The average molecular weight is 526 g/mol. The fourth-order valence-corrected chi connectivity index (χ4v) is 5.45. The molecule has 0 unspecified atom stereocenters. The maximum absolute atomic E-state index is 14.6. The number of amides is 2. The third-order valence-electron chi connectivity index (χ3n) is 6.69. The van der Waals surface area contributed by atoms with E-state index in [1.807, 2.05) is 34.5 Å². The summed E-state index contributed by atoms with van der Waals surface area (Å²) in [6.07, 6.45) is 1.65. The predicted molar refractivity (Wildman–Crippen MR) is 138 cm³/mol. The Labute approximate surface area is 216 Å². The Hall–Kier alpha value is -3.92. The predicted octanol–water partition coefficient (Wildman–Crippen LogP) is 5.80. The third-order valence-corrected chi connectivity index (χ3v) is 7.55. The maximum atomic E-state index is 14.6. The van der Waals surface area contributed by atoms with Gasteiger partial charge in [0.1, 0.15) is 5.69 Å². The van der Waals surface area contributed by atoms with Crippen molar-refractivity contribution < 1.29 is 27.8 Å². The summed E-state index contributed by atoms with van der Waals surface area (Å²) in [5.74, 6) is -3.54. The van der Waals surface area contributed by atoms with Crippen LogP contribution in [0.3, 0.4) is 0 Å². The molecule has 10 heteroatoms. The Balaban J connectivity index is 1.21. The molecule has 2 aromatic heterocycles. The molecule has 0 saturated carbocycles. The van der Waals surface area contributed by atoms with Crippen molar-refractivity contribution in [3.8, 4) is 11.5 Å². The number of hydrogen-bond acceptors (Lipinski definition) is 5. The minimum atomic E-state index is -1.10. The first-order chi connectivity index (χ1) is 17.9. The number of hydrogen-bond donors (Lipinski definition) is 2. The SMILES string of the molecule is COc1cc(C(=O)Nc2ccc(C3CCN(C(=O)c4cc5sccc5[nH]4)CC3)cc2)c(F)c(OC)c1F. The number of nitrogens with zero attached hydrogens (tertiary/aromatic N) is 1. The number of nitrogens with one attached hydrogen (secondary N) is 2. The number of methoxy groups -OCH3 is 2. The van der Waals surface area contributed by atoms with Crippen LogP contribution >= 0.6 is 11.3 Å². The standard InChI is InChI=1S/C27H25F2N3O4S/c1-35-21-13-18(23(28)25(36-2)24(21)29)26(33)30-17-5-3-15(4-6-17)16-7-10-32(11-8-16)27(34)20-14-22-19(31-20)9-12-37-22/h3-6,9,12-14,16,31H,7-8,10-11H2,1-2H3,(H,30,33). The summed E-state index contributed by atoms with van der Waals surface area (Å²) in [7, 11) is 2.34. The molecule has 1 fully saturated rings. The first-order valence-corrected chi connectivity index (χ1v) is 12.6. The van der Waals surface area contributed by atoms with Gasteiger partial charge in [-0.2, -0.15) is 4.39 Å². The van der Waals surface area contributed by atoms with Gasteiger partial charge in [0.25, 0.3) is 11.8 Å². The van der Waals surface area contributed by atoms with Crippen molar-refractivity contribution >= 4 is 39.1 Å². The highest BCUT2D eigenvalue weighted by atomic mass is 32.1. The number of ether oxygens (including phenoxy) is 2. The number of H-pyrrole nitrogens is 1. The molecule has 0 bridgehead atoms. The first kappa shape index (κ1) is 24.8. The largest absolute Gasteiger partial charge is 0.494 e. The molecule has 37 heavy (non-hydrogen) atoms. The zero-order valence-corrected chi connectivity index (χ0v) is 21.1. The molecule has 0 aliphatic carbocycles. The lowest BCUT2D eigenvalue weighted by Crippen LogP contribution is -2.38. The zero-order chi connectivity index (χ0) is 26.1. The van der Waals surface area contributed by atoms with Gasteiger partial charge in [0, 0.05) is 18.8 Å². The van der Waals surface area contributed by atoms with Crippen molar-refractivity contribution in [1.82, 2.24) is 9.88 Å². The normalized spacial score (nSPS) is 14.1. The van der Waals surface area contributed by atoms with E-state index >= 15 is 0 Å². The molecule has 7 nitrogen and oxygen atoms in total. The van der Waals surface area contributed by atoms with Crippen LogP contribution in [0.4, 0.5) is 14.5 Å². The van der Waals surface area contributed by atoms with Crippen molar-refractivity contribution in [2.45, 2.75) is 18.8 Å². The van der Waals surface area contributed by atoms with Crippen molar-refractivity contribution in [3.05, 3.63) is 76.3 Å². The van der Waals surface area contributed by atoms with E-state index < -0.39 is 28.9 Å². The molecule has 1 aliphatic heterocycles. The summed E-state index contributed by atoms with van der Waals surface area (Å²) in [5.41, 5.74) is 2.78. The summed E-state index contributed by atoms with van der Waals surface area (Å²) >= 11 is 1.60. The highest BCUT2D eigenvalue weighted by Gasteiger charge is 2.26. The number of aromatic nitrogens is 1. The number of thiophene rings is 1. The Kier molecular flexibility index (Phi) is 6.84. The van der Waals surface area contributed by atoms with Gasteiger partial charge in [0.15, 0.2) is 17.3 Å². The van der Waals surface area contributed by atoms with Gasteiger partial charge in [-0.05, 0) is 60.0 Å². The zero-order valence-electron chi connectivity index (χ0n) is 20.3. The molecule has 0 radical (unpaired) electrons. The van der Waals surface area contributed by atoms with Crippen LogP contribution in [-0.2, 0) is 0 Å². The summed E-state index contributed by atoms with van der Waals surface area (Å²) in [6, 6.07) is 12.2. The highest BCUT2D eigenvalue weighted by Crippen LogP contribution is 2.33. The smallest absolute Gasteiger partial charge is 0.270 e. The second-order valence-corrected chi connectivity index (χ2v) is 9.76. The number of fused-ring (bicyclic) bond motifs is 1. The van der Waals surface area contributed by atoms with Gasteiger partial charge >= 0.3 is 0 Å². The van der Waals surface area contributed by atoms with Crippen LogP contribution in [0.2, 0.25) is 0 Å². The van der Waals surface area contributed by atoms with Crippen molar-refractivity contribution in [2.24, 2.45) is 0 Å². The van der Waals surface area contributed by atoms with E-state index in [9.17, 15) is 18.4 Å². The number of aromatic amines is 1. The number of rotatable bonds is 6. The molecule has 4 aromatic rings. The van der Waals surface area contributed by atoms with E-state index in [1.54, 1.807) is 23.5 Å². The monoisotopic (exact) mass is 525 g/mol. The number of anilines is 1. The summed E-state index contributed by atoms with van der Waals surface area (Å²) in [5, 5.41) is 4.63. The lowest BCUT2D eigenvalue weighted by molar-refractivity contribution is 0.0708. The molecule has 2 aromatic carbocycles. The Morgan fingerprint density at radius 2 is 1.76 bits per heavy atom. The maximum Gasteiger partial charge on any atom is 0.270 e. The topological polar surface area (TPSA) is 83.7 Å². The lowest BCUT2D eigenvalue weighted by Gasteiger charge is -2.32. The number of halogens is 2. The van der Waals surface area contributed by atoms with Crippen molar-refractivity contribution in [3.63, 3.8) is 0 Å². The molecular weight excluding hydrogens is 500 g/mol. The molecule has 5 rings (SSSR count). The Morgan fingerprint density at radius 3 is 2.41 bits per heavy atom. The molecule has 0 spiro atoms. The van der Waals surface area contributed by atoms with Gasteiger partial charge in [-0.15, -0.1) is 11.3 Å². The van der Waals surface area contributed by atoms with E-state index in [0.29, 0.717) is 24.5 Å². The third kappa shape index (κ3) is 4.76. The fourth-order valence-electron chi connectivity index (χ4n) is 4.67. The Bertz CT molecular complexity index is 1430. The van der Waals surface area contributed by atoms with Crippen LogP contribution in [0, 0.1) is 11.6 Å². The van der Waals surface area contributed by atoms with Gasteiger partial charge in [0.2, 0.25) is 5.82 Å². The summed E-state index contributed by atoms with van der Waals surface area (Å²) in [6.45, 7) is 1.31. The highest BCUT2D eigenvalue weighted by molar-refractivity contribution is 7.17. The second kappa shape index (κ2) is 10.2. The lowest BCUT2D eigenvalue weighted by atomic mass is 9.89. The molecule has 3 heterocycles. The van der Waals surface area contributed by atoms with E-state index in [4.69, 9.17) is 9.47 Å². The molecule has 1 aliphatic rings. The van der Waals surface area contributed by atoms with Crippen LogP contribution in [-0.4, -0.2) is 49.0 Å². The van der Waals surface area contributed by atoms with E-state index in [1.165, 1.54) is 7.11 Å². The fraction of sp³-hybridized carbons (Fsp3) is 0.259. The molecule has 192 valence electrons. The number of carbonyl (C=O) groups excluding carboxylic acids is 2. The van der Waals surface area contributed by atoms with E-state index in [-0.39, 0.29) is 17.6 Å². The molecule has 0 atom stereocenters. The quantitative estimate of drug-likeness (QED) is 0.334. The summed E-state index contributed by atoms with van der Waals surface area (Å²) in [4.78, 5) is 30.7. The van der Waals surface area contributed by atoms with Gasteiger partial charge in [-0.25, -0.2) is 4.39 Å².